The summed E-state index contributed by atoms with van der Waals surface area (Å²) >= 11 is 0. The summed E-state index contributed by atoms with van der Waals surface area (Å²) in [5.41, 5.74) is 4.18. The number of benzene rings is 5. The minimum atomic E-state index is -3.79. The Morgan fingerprint density at radius 3 is 2.00 bits per heavy atom. The van der Waals surface area contributed by atoms with Crippen molar-refractivity contribution in [3.05, 3.63) is 109 Å². The molecule has 0 aliphatic rings. The molecule has 2 aromatic heterocycles. The molecule has 0 aliphatic heterocycles. The summed E-state index contributed by atoms with van der Waals surface area (Å²) in [6.07, 6.45) is 1.68. The number of H-pyrrole nitrogens is 1. The molecule has 0 amide bonds. The first-order valence-electron chi connectivity index (χ1n) is 11.7. The molecule has 0 spiro atoms. The monoisotopic (exact) mass is 487 g/mol. The largest absolute Gasteiger partial charge is 0.337 e. The summed E-state index contributed by atoms with van der Waals surface area (Å²) in [5, 5.41) is 5.26. The maximum Gasteiger partial charge on any atom is 0.268 e. The van der Waals surface area contributed by atoms with Gasteiger partial charge in [-0.2, -0.15) is 0 Å². The molecular weight excluding hydrogens is 466 g/mol. The van der Waals surface area contributed by atoms with Gasteiger partial charge in [0, 0.05) is 27.9 Å². The molecule has 0 radical (unpaired) electrons. The van der Waals surface area contributed by atoms with Crippen LogP contribution in [0.2, 0.25) is 0 Å². The fourth-order valence-corrected chi connectivity index (χ4v) is 6.48. The maximum absolute atomic E-state index is 13.7. The van der Waals surface area contributed by atoms with E-state index in [1.165, 1.54) is 3.97 Å². The van der Waals surface area contributed by atoms with Crippen LogP contribution in [-0.2, 0) is 10.0 Å². The fraction of sp³-hybridized carbons (Fsp3) is 0.0333. The van der Waals surface area contributed by atoms with E-state index in [-0.39, 0.29) is 4.90 Å². The SMILES string of the molecule is Cc1ccc(S(=O)(=O)n2cc(-c3nc4c5ccccc5c5ccccc5c4[nH]3)c3ccccc32)cc1. The summed E-state index contributed by atoms with van der Waals surface area (Å²) < 4.78 is 28.7. The van der Waals surface area contributed by atoms with Crippen molar-refractivity contribution >= 4 is 53.5 Å². The highest BCUT2D eigenvalue weighted by Gasteiger charge is 2.23. The average molecular weight is 488 g/mol. The summed E-state index contributed by atoms with van der Waals surface area (Å²) in [4.78, 5) is 8.81. The van der Waals surface area contributed by atoms with Crippen molar-refractivity contribution in [2.24, 2.45) is 0 Å². The van der Waals surface area contributed by atoms with E-state index in [0.29, 0.717) is 11.3 Å². The van der Waals surface area contributed by atoms with Crippen molar-refractivity contribution in [3.63, 3.8) is 0 Å². The molecule has 5 nitrogen and oxygen atoms in total. The predicted molar refractivity (Wildman–Crippen MR) is 146 cm³/mol. The van der Waals surface area contributed by atoms with Gasteiger partial charge in [0.1, 0.15) is 5.82 Å². The van der Waals surface area contributed by atoms with E-state index < -0.39 is 10.0 Å². The number of imidazole rings is 1. The third kappa shape index (κ3) is 2.94. The van der Waals surface area contributed by atoms with Gasteiger partial charge in [-0.1, -0.05) is 84.4 Å². The van der Waals surface area contributed by atoms with Gasteiger partial charge in [0.15, 0.2) is 0 Å². The first-order chi connectivity index (χ1) is 17.5. The second-order valence-corrected chi connectivity index (χ2v) is 10.9. The van der Waals surface area contributed by atoms with Crippen molar-refractivity contribution < 1.29 is 8.42 Å². The van der Waals surface area contributed by atoms with Crippen LogP contribution in [-0.4, -0.2) is 22.4 Å². The number of aromatic amines is 1. The fourth-order valence-electron chi connectivity index (χ4n) is 5.11. The number of hydrogen-bond donors (Lipinski definition) is 1. The van der Waals surface area contributed by atoms with Crippen molar-refractivity contribution in [2.45, 2.75) is 11.8 Å². The summed E-state index contributed by atoms with van der Waals surface area (Å²) in [7, 11) is -3.79. The molecule has 1 N–H and O–H groups in total. The van der Waals surface area contributed by atoms with Gasteiger partial charge in [-0.25, -0.2) is 17.4 Å². The zero-order valence-electron chi connectivity index (χ0n) is 19.4. The lowest BCUT2D eigenvalue weighted by Gasteiger charge is -2.07. The topological polar surface area (TPSA) is 67.8 Å². The lowest BCUT2D eigenvalue weighted by Crippen LogP contribution is -2.11. The molecule has 0 fully saturated rings. The molecule has 6 heteroatoms. The van der Waals surface area contributed by atoms with Crippen LogP contribution in [0.1, 0.15) is 5.56 Å². The average Bonchev–Trinajstić information content (AvgIpc) is 3.52. The van der Waals surface area contributed by atoms with Gasteiger partial charge in [0.05, 0.1) is 21.4 Å². The molecule has 0 saturated heterocycles. The molecule has 174 valence electrons. The van der Waals surface area contributed by atoms with Crippen molar-refractivity contribution in [3.8, 4) is 11.4 Å². The number of nitrogens with one attached hydrogen (secondary N) is 1. The van der Waals surface area contributed by atoms with Gasteiger partial charge in [-0.05, 0) is 35.9 Å². The Kier molecular flexibility index (Phi) is 4.38. The van der Waals surface area contributed by atoms with Gasteiger partial charge in [-0.3, -0.25) is 0 Å². The van der Waals surface area contributed by atoms with Crippen LogP contribution < -0.4 is 0 Å². The Labute approximate surface area is 207 Å². The Hall–Kier alpha value is -4.42. The van der Waals surface area contributed by atoms with E-state index in [4.69, 9.17) is 4.98 Å². The number of hydrogen-bond acceptors (Lipinski definition) is 3. The minimum absolute atomic E-state index is 0.252. The zero-order valence-corrected chi connectivity index (χ0v) is 20.3. The Bertz CT molecular complexity index is 1990. The zero-order chi connectivity index (χ0) is 24.4. The predicted octanol–water partition coefficient (Wildman–Crippen LogP) is 7.04. The number of nitrogens with zero attached hydrogens (tertiary/aromatic N) is 2. The first kappa shape index (κ1) is 20.9. The lowest BCUT2D eigenvalue weighted by atomic mass is 10.0. The smallest absolute Gasteiger partial charge is 0.268 e. The molecule has 36 heavy (non-hydrogen) atoms. The standard InChI is InChI=1S/C30H21N3O2S/c1-19-14-16-20(17-15-19)36(34,35)33-18-26(23-10-6-7-13-27(23)33)30-31-28-24-11-4-2-8-21(24)22-9-3-5-12-25(22)29(28)32-30/h2-18H,1H3,(H,31,32). The van der Waals surface area contributed by atoms with Crippen molar-refractivity contribution in [1.82, 2.24) is 13.9 Å². The molecule has 0 atom stereocenters. The normalized spacial score (nSPS) is 12.2. The highest BCUT2D eigenvalue weighted by Crippen LogP contribution is 2.37. The molecule has 2 heterocycles. The Balaban J connectivity index is 1.53. The third-order valence-electron chi connectivity index (χ3n) is 6.88. The van der Waals surface area contributed by atoms with E-state index in [9.17, 15) is 8.42 Å². The number of fused-ring (bicyclic) bond motifs is 7. The first-order valence-corrected chi connectivity index (χ1v) is 13.2. The molecular formula is C30H21N3O2S. The molecule has 0 saturated carbocycles. The minimum Gasteiger partial charge on any atom is -0.337 e. The van der Waals surface area contributed by atoms with Gasteiger partial charge in [0.25, 0.3) is 10.0 Å². The van der Waals surface area contributed by atoms with Crippen molar-refractivity contribution in [2.75, 3.05) is 0 Å². The van der Waals surface area contributed by atoms with E-state index in [1.54, 1.807) is 18.3 Å². The molecule has 0 aliphatic carbocycles. The molecule has 5 aromatic carbocycles. The number of para-hydroxylation sites is 1. The van der Waals surface area contributed by atoms with Crippen LogP contribution in [0.15, 0.2) is 108 Å². The van der Waals surface area contributed by atoms with E-state index in [0.717, 1.165) is 49.1 Å². The Morgan fingerprint density at radius 2 is 1.28 bits per heavy atom. The number of rotatable bonds is 3. The van der Waals surface area contributed by atoms with Gasteiger partial charge >= 0.3 is 0 Å². The van der Waals surface area contributed by atoms with Crippen molar-refractivity contribution in [1.29, 1.82) is 0 Å². The van der Waals surface area contributed by atoms with Gasteiger partial charge < -0.3 is 4.98 Å². The summed E-state index contributed by atoms with van der Waals surface area (Å²) in [5.74, 6) is 0.639. The van der Waals surface area contributed by atoms with E-state index in [1.807, 2.05) is 67.6 Å². The van der Waals surface area contributed by atoms with Crippen LogP contribution in [0.5, 0.6) is 0 Å². The molecule has 0 bridgehead atoms. The highest BCUT2D eigenvalue weighted by molar-refractivity contribution is 7.90. The van der Waals surface area contributed by atoms with E-state index >= 15 is 0 Å². The molecule has 7 rings (SSSR count). The maximum atomic E-state index is 13.7. The van der Waals surface area contributed by atoms with Crippen LogP contribution in [0.3, 0.4) is 0 Å². The second kappa shape index (κ2) is 7.54. The van der Waals surface area contributed by atoms with Crippen LogP contribution >= 0.6 is 0 Å². The van der Waals surface area contributed by atoms with Crippen LogP contribution in [0.4, 0.5) is 0 Å². The third-order valence-corrected chi connectivity index (χ3v) is 8.57. The summed E-state index contributed by atoms with van der Waals surface area (Å²) in [6.45, 7) is 1.94. The highest BCUT2D eigenvalue weighted by atomic mass is 32.2. The van der Waals surface area contributed by atoms with Crippen LogP contribution in [0.25, 0.3) is 54.9 Å². The Morgan fingerprint density at radius 1 is 0.694 bits per heavy atom. The lowest BCUT2D eigenvalue weighted by molar-refractivity contribution is 0.589. The molecule has 0 unspecified atom stereocenters. The number of aromatic nitrogens is 3. The van der Waals surface area contributed by atoms with E-state index in [2.05, 4.69) is 29.2 Å². The number of aryl methyl sites for hydroxylation is 1. The second-order valence-electron chi connectivity index (χ2n) is 9.07. The quantitative estimate of drug-likeness (QED) is 0.272. The summed E-state index contributed by atoms with van der Waals surface area (Å²) in [6, 6.07) is 31.0. The van der Waals surface area contributed by atoms with Gasteiger partial charge in [0.2, 0.25) is 0 Å². The molecule has 7 aromatic rings. The van der Waals surface area contributed by atoms with Crippen LogP contribution in [0, 0.1) is 6.92 Å². The van der Waals surface area contributed by atoms with Gasteiger partial charge in [-0.15, -0.1) is 0 Å².